The third-order valence-electron chi connectivity index (χ3n) is 9.46. The van der Waals surface area contributed by atoms with Gasteiger partial charge in [0.05, 0.1) is 11.8 Å². The first-order chi connectivity index (χ1) is 16.6. The van der Waals surface area contributed by atoms with Crippen LogP contribution in [0.5, 0.6) is 0 Å². The highest BCUT2D eigenvalue weighted by Gasteiger charge is 2.59. The smallest absolute Gasteiger partial charge is 0.465 e. The van der Waals surface area contributed by atoms with E-state index < -0.39 is 11.8 Å². The van der Waals surface area contributed by atoms with Crippen molar-refractivity contribution in [3.8, 4) is 0 Å². The number of piperidine rings is 2. The number of fused-ring (bicyclic) bond motifs is 5. The largest absolute Gasteiger partial charge is 0.509 e. The number of amides is 1. The quantitative estimate of drug-likeness (QED) is 0.605. The number of hydrogen-bond acceptors (Lipinski definition) is 7. The second-order valence-electron chi connectivity index (χ2n) is 12.4. The van der Waals surface area contributed by atoms with Crippen LogP contribution in [0.3, 0.4) is 0 Å². The Morgan fingerprint density at radius 3 is 2.54 bits per heavy atom. The molecule has 8 nitrogen and oxygen atoms in total. The van der Waals surface area contributed by atoms with Gasteiger partial charge in [-0.1, -0.05) is 20.3 Å². The summed E-state index contributed by atoms with van der Waals surface area (Å²) in [5.41, 5.74) is -0.565. The number of cyclic esters (lactones) is 1. The van der Waals surface area contributed by atoms with Gasteiger partial charge < -0.3 is 24.4 Å². The van der Waals surface area contributed by atoms with Gasteiger partial charge in [0.25, 0.3) is 0 Å². The molecule has 5 rings (SSSR count). The number of carbonyl (C=O) groups excluding carboxylic acids is 3. The average Bonchev–Trinajstić information content (AvgIpc) is 3.14. The van der Waals surface area contributed by atoms with Gasteiger partial charge in [-0.2, -0.15) is 0 Å². The van der Waals surface area contributed by atoms with Gasteiger partial charge in [0.1, 0.15) is 18.3 Å². The molecule has 1 amide bonds. The number of ether oxygens (including phenoxy) is 3. The highest BCUT2D eigenvalue weighted by molar-refractivity contribution is 5.84. The normalized spacial score (nSPS) is 42.8. The summed E-state index contributed by atoms with van der Waals surface area (Å²) < 4.78 is 16.6. The number of nitrogens with zero attached hydrogens (tertiary/aromatic N) is 1. The molecule has 0 spiro atoms. The molecule has 5 fully saturated rings. The van der Waals surface area contributed by atoms with E-state index in [0.717, 1.165) is 45.1 Å². The monoisotopic (exact) mass is 490 g/mol. The highest BCUT2D eigenvalue weighted by atomic mass is 16.7. The lowest BCUT2D eigenvalue weighted by atomic mass is 9.64. The lowest BCUT2D eigenvalue weighted by Gasteiger charge is -2.51. The van der Waals surface area contributed by atoms with E-state index in [1.807, 2.05) is 27.7 Å². The molecule has 4 heterocycles. The van der Waals surface area contributed by atoms with E-state index in [1.54, 1.807) is 0 Å². The SMILES string of the molecule is CCC1C2CC(OC(=O)OC(C)(C)C)CCC2NC2C1CN1C(=O)C3COC(=O)[C@@H](CC)C3CC21. The maximum absolute atomic E-state index is 13.6. The van der Waals surface area contributed by atoms with Crippen LogP contribution >= 0.6 is 0 Å². The fourth-order valence-corrected chi connectivity index (χ4v) is 8.05. The molecular formula is C27H42N2O6. The number of nitrogens with one attached hydrogen (secondary N) is 1. The topological polar surface area (TPSA) is 94.2 Å². The molecular weight excluding hydrogens is 448 g/mol. The lowest BCUT2D eigenvalue weighted by Crippen LogP contribution is -2.63. The molecule has 0 aromatic heterocycles. The molecule has 10 atom stereocenters. The minimum atomic E-state index is -0.580. The van der Waals surface area contributed by atoms with Crippen LogP contribution in [-0.4, -0.2) is 65.9 Å². The third-order valence-corrected chi connectivity index (χ3v) is 9.46. The third kappa shape index (κ3) is 4.44. The Balaban J connectivity index is 1.31. The minimum absolute atomic E-state index is 0.0892. The first kappa shape index (κ1) is 24.8. The van der Waals surface area contributed by atoms with Crippen molar-refractivity contribution < 1.29 is 28.6 Å². The van der Waals surface area contributed by atoms with Crippen LogP contribution in [0, 0.1) is 35.5 Å². The van der Waals surface area contributed by atoms with Gasteiger partial charge in [-0.05, 0) is 76.5 Å². The Bertz CT molecular complexity index is 855. The number of rotatable bonds is 3. The predicted octanol–water partition coefficient (Wildman–Crippen LogP) is 3.52. The Hall–Kier alpha value is -1.83. The number of esters is 1. The maximum Gasteiger partial charge on any atom is 0.509 e. The molecule has 8 heteroatoms. The van der Waals surface area contributed by atoms with Crippen LogP contribution in [0.1, 0.15) is 73.1 Å². The molecule has 4 aliphatic heterocycles. The minimum Gasteiger partial charge on any atom is -0.465 e. The van der Waals surface area contributed by atoms with Crippen molar-refractivity contribution in [2.24, 2.45) is 35.5 Å². The van der Waals surface area contributed by atoms with E-state index in [1.165, 1.54) is 0 Å². The zero-order valence-electron chi connectivity index (χ0n) is 21.8. The second-order valence-corrected chi connectivity index (χ2v) is 12.4. The molecule has 0 aromatic carbocycles. The standard InChI is InChI=1S/C27H42N2O6/c1-6-15-18-10-14(34-26(32)35-27(3,4)5)8-9-21(18)28-23-19(15)12-29-22(23)11-17-16(7-2)25(31)33-13-20(17)24(29)30/h14-23,28H,6-13H2,1-5H3/t14?,15?,16-,17?,18?,19?,20?,21?,22?,23?/m0/s1. The summed E-state index contributed by atoms with van der Waals surface area (Å²) in [4.78, 5) is 40.4. The molecule has 1 aliphatic carbocycles. The molecule has 9 unspecified atom stereocenters. The van der Waals surface area contributed by atoms with Gasteiger partial charge in [-0.15, -0.1) is 0 Å². The Morgan fingerprint density at radius 2 is 1.86 bits per heavy atom. The van der Waals surface area contributed by atoms with Crippen molar-refractivity contribution in [3.05, 3.63) is 0 Å². The van der Waals surface area contributed by atoms with E-state index in [2.05, 4.69) is 17.1 Å². The molecule has 5 aliphatic rings. The molecule has 0 bridgehead atoms. The van der Waals surface area contributed by atoms with E-state index in [0.29, 0.717) is 23.8 Å². The van der Waals surface area contributed by atoms with Gasteiger partial charge in [0, 0.05) is 24.7 Å². The molecule has 4 saturated heterocycles. The zero-order chi connectivity index (χ0) is 25.1. The van der Waals surface area contributed by atoms with Crippen molar-refractivity contribution in [2.45, 2.75) is 103 Å². The highest BCUT2D eigenvalue weighted by Crippen LogP contribution is 2.50. The summed E-state index contributed by atoms with van der Waals surface area (Å²) in [6.45, 7) is 10.8. The first-order valence-corrected chi connectivity index (χ1v) is 13.7. The Kier molecular flexibility index (Phi) is 6.56. The molecule has 0 aromatic rings. The van der Waals surface area contributed by atoms with Gasteiger partial charge in [-0.3, -0.25) is 9.59 Å². The van der Waals surface area contributed by atoms with Gasteiger partial charge in [0.15, 0.2) is 0 Å². The van der Waals surface area contributed by atoms with Crippen LogP contribution in [0.2, 0.25) is 0 Å². The van der Waals surface area contributed by atoms with Crippen molar-refractivity contribution in [1.82, 2.24) is 10.2 Å². The lowest BCUT2D eigenvalue weighted by molar-refractivity contribution is -0.172. The van der Waals surface area contributed by atoms with Crippen LogP contribution in [0.4, 0.5) is 4.79 Å². The molecule has 35 heavy (non-hydrogen) atoms. The fraction of sp³-hybridized carbons (Fsp3) is 0.889. The molecule has 196 valence electrons. The summed E-state index contributed by atoms with van der Waals surface area (Å²) >= 11 is 0. The van der Waals surface area contributed by atoms with Crippen LogP contribution in [0.15, 0.2) is 0 Å². The van der Waals surface area contributed by atoms with Crippen LogP contribution < -0.4 is 5.32 Å². The van der Waals surface area contributed by atoms with E-state index in [4.69, 9.17) is 14.2 Å². The fourth-order valence-electron chi connectivity index (χ4n) is 8.05. The van der Waals surface area contributed by atoms with E-state index in [-0.39, 0.29) is 54.4 Å². The Morgan fingerprint density at radius 1 is 1.09 bits per heavy atom. The molecule has 0 radical (unpaired) electrons. The average molecular weight is 491 g/mol. The maximum atomic E-state index is 13.6. The molecule has 1 N–H and O–H groups in total. The Labute approximate surface area is 208 Å². The van der Waals surface area contributed by atoms with Crippen molar-refractivity contribution in [3.63, 3.8) is 0 Å². The number of carbonyl (C=O) groups is 3. The summed E-state index contributed by atoms with van der Waals surface area (Å²) in [5, 5.41) is 3.97. The van der Waals surface area contributed by atoms with Crippen LogP contribution in [0.25, 0.3) is 0 Å². The van der Waals surface area contributed by atoms with Crippen molar-refractivity contribution in [1.29, 1.82) is 0 Å². The van der Waals surface area contributed by atoms with Crippen molar-refractivity contribution in [2.75, 3.05) is 13.2 Å². The van der Waals surface area contributed by atoms with Gasteiger partial charge >= 0.3 is 12.1 Å². The summed E-state index contributed by atoms with van der Waals surface area (Å²) in [7, 11) is 0. The number of hydrogen-bond donors (Lipinski definition) is 1. The summed E-state index contributed by atoms with van der Waals surface area (Å²) in [6.07, 6.45) is 4.56. The summed E-state index contributed by atoms with van der Waals surface area (Å²) in [5.74, 6) is 1.04. The van der Waals surface area contributed by atoms with Gasteiger partial charge in [-0.25, -0.2) is 4.79 Å². The zero-order valence-corrected chi connectivity index (χ0v) is 21.8. The van der Waals surface area contributed by atoms with Crippen LogP contribution in [-0.2, 0) is 23.8 Å². The second kappa shape index (κ2) is 9.24. The molecule has 1 saturated carbocycles. The predicted molar refractivity (Wildman–Crippen MR) is 128 cm³/mol. The van der Waals surface area contributed by atoms with Crippen molar-refractivity contribution >= 4 is 18.0 Å². The first-order valence-electron chi connectivity index (χ1n) is 13.7. The van der Waals surface area contributed by atoms with E-state index in [9.17, 15) is 14.4 Å². The summed E-state index contributed by atoms with van der Waals surface area (Å²) in [6, 6.07) is 0.787. The van der Waals surface area contributed by atoms with Gasteiger partial charge in [0.2, 0.25) is 5.91 Å². The van der Waals surface area contributed by atoms with E-state index >= 15 is 0 Å².